The molecule has 1 fully saturated rings. The van der Waals surface area contributed by atoms with Crippen LogP contribution in [0.4, 0.5) is 5.69 Å². The summed E-state index contributed by atoms with van der Waals surface area (Å²) in [5, 5.41) is 8.84. The molecule has 1 aliphatic heterocycles. The molecule has 1 unspecified atom stereocenters. The van der Waals surface area contributed by atoms with Gasteiger partial charge in [0.1, 0.15) is 0 Å². The van der Waals surface area contributed by atoms with Gasteiger partial charge in [0.05, 0.1) is 13.2 Å². The van der Waals surface area contributed by atoms with Gasteiger partial charge in [-0.3, -0.25) is 9.59 Å². The highest BCUT2D eigenvalue weighted by atomic mass is 16.5. The molecule has 1 heterocycles. The Labute approximate surface area is 124 Å². The fourth-order valence-corrected chi connectivity index (χ4v) is 2.16. The Kier molecular flexibility index (Phi) is 5.71. The van der Waals surface area contributed by atoms with Crippen LogP contribution in [0.5, 0.6) is 0 Å². The molecule has 0 aliphatic carbocycles. The maximum Gasteiger partial charge on any atom is 0.221 e. The van der Waals surface area contributed by atoms with Gasteiger partial charge in [0.25, 0.3) is 0 Å². The van der Waals surface area contributed by atoms with E-state index in [1.165, 1.54) is 6.92 Å². The summed E-state index contributed by atoms with van der Waals surface area (Å²) in [4.78, 5) is 22.8. The van der Waals surface area contributed by atoms with Gasteiger partial charge in [-0.1, -0.05) is 12.1 Å². The van der Waals surface area contributed by atoms with Crippen molar-refractivity contribution in [1.29, 1.82) is 0 Å². The zero-order chi connectivity index (χ0) is 15.1. The van der Waals surface area contributed by atoms with E-state index in [2.05, 4.69) is 16.0 Å². The van der Waals surface area contributed by atoms with Gasteiger partial charge in [-0.05, 0) is 17.7 Å². The van der Waals surface area contributed by atoms with E-state index in [1.54, 1.807) is 0 Å². The van der Waals surface area contributed by atoms with Crippen molar-refractivity contribution in [1.82, 2.24) is 10.6 Å². The number of nitrogens with one attached hydrogen (secondary N) is 3. The second kappa shape index (κ2) is 7.75. The summed E-state index contributed by atoms with van der Waals surface area (Å²) >= 11 is 0. The Balaban J connectivity index is 1.74. The molecular weight excluding hydrogens is 270 g/mol. The first kappa shape index (κ1) is 15.5. The van der Waals surface area contributed by atoms with Crippen LogP contribution >= 0.6 is 0 Å². The highest BCUT2D eigenvalue weighted by Crippen LogP contribution is 2.09. The van der Waals surface area contributed by atoms with Gasteiger partial charge in [0.2, 0.25) is 11.8 Å². The third kappa shape index (κ3) is 5.53. The number of benzene rings is 1. The highest BCUT2D eigenvalue weighted by Gasteiger charge is 2.16. The van der Waals surface area contributed by atoms with Crippen molar-refractivity contribution in [3.8, 4) is 0 Å². The Morgan fingerprint density at radius 3 is 2.71 bits per heavy atom. The van der Waals surface area contributed by atoms with Gasteiger partial charge in [0.15, 0.2) is 0 Å². The zero-order valence-electron chi connectivity index (χ0n) is 12.1. The monoisotopic (exact) mass is 291 g/mol. The van der Waals surface area contributed by atoms with Crippen molar-refractivity contribution in [2.45, 2.75) is 25.9 Å². The first-order valence-electron chi connectivity index (χ1n) is 7.08. The Hall–Kier alpha value is -1.92. The second-order valence-electron chi connectivity index (χ2n) is 5.08. The number of carbonyl (C=O) groups is 2. The molecule has 1 aliphatic rings. The van der Waals surface area contributed by atoms with Gasteiger partial charge in [-0.25, -0.2) is 0 Å². The SMILES string of the molecule is CC(=O)Nc1ccc(CNC(=O)CC2COCCN2)cc1. The molecule has 2 amide bonds. The maximum absolute atomic E-state index is 11.8. The third-order valence-corrected chi connectivity index (χ3v) is 3.19. The number of hydrogen-bond acceptors (Lipinski definition) is 4. The van der Waals surface area contributed by atoms with E-state index in [-0.39, 0.29) is 17.9 Å². The van der Waals surface area contributed by atoms with Gasteiger partial charge >= 0.3 is 0 Å². The Bertz CT molecular complexity index is 481. The largest absolute Gasteiger partial charge is 0.378 e. The summed E-state index contributed by atoms with van der Waals surface area (Å²) in [7, 11) is 0. The fourth-order valence-electron chi connectivity index (χ4n) is 2.16. The van der Waals surface area contributed by atoms with Gasteiger partial charge in [-0.2, -0.15) is 0 Å². The molecule has 3 N–H and O–H groups in total. The molecule has 1 aromatic carbocycles. The summed E-state index contributed by atoms with van der Waals surface area (Å²) in [6.07, 6.45) is 0.421. The molecule has 0 bridgehead atoms. The molecule has 0 spiro atoms. The predicted octanol–water partition coefficient (Wildman–Crippen LogP) is 0.640. The van der Waals surface area contributed by atoms with Crippen molar-refractivity contribution in [2.75, 3.05) is 25.1 Å². The molecule has 114 valence electrons. The van der Waals surface area contributed by atoms with Crippen LogP contribution in [0.15, 0.2) is 24.3 Å². The minimum atomic E-state index is -0.0988. The van der Waals surface area contributed by atoms with Crippen molar-refractivity contribution >= 4 is 17.5 Å². The lowest BCUT2D eigenvalue weighted by atomic mass is 10.1. The number of amides is 2. The van der Waals surface area contributed by atoms with Gasteiger partial charge < -0.3 is 20.7 Å². The van der Waals surface area contributed by atoms with Crippen molar-refractivity contribution < 1.29 is 14.3 Å². The van der Waals surface area contributed by atoms with E-state index in [4.69, 9.17) is 4.74 Å². The van der Waals surface area contributed by atoms with E-state index in [9.17, 15) is 9.59 Å². The van der Waals surface area contributed by atoms with Gasteiger partial charge in [-0.15, -0.1) is 0 Å². The average Bonchev–Trinajstić information content (AvgIpc) is 2.47. The first-order valence-corrected chi connectivity index (χ1v) is 7.08. The molecule has 6 heteroatoms. The molecule has 0 radical (unpaired) electrons. The molecule has 1 saturated heterocycles. The lowest BCUT2D eigenvalue weighted by Crippen LogP contribution is -2.44. The van der Waals surface area contributed by atoms with Crippen LogP contribution in [-0.4, -0.2) is 37.6 Å². The summed E-state index contributed by atoms with van der Waals surface area (Å²) < 4.78 is 5.31. The van der Waals surface area contributed by atoms with E-state index >= 15 is 0 Å². The molecule has 6 nitrogen and oxygen atoms in total. The van der Waals surface area contributed by atoms with E-state index in [0.29, 0.717) is 26.2 Å². The lowest BCUT2D eigenvalue weighted by molar-refractivity contribution is -0.122. The highest BCUT2D eigenvalue weighted by molar-refractivity contribution is 5.88. The second-order valence-corrected chi connectivity index (χ2v) is 5.08. The summed E-state index contributed by atoms with van der Waals surface area (Å²) in [5.74, 6) is -0.0952. The normalized spacial score (nSPS) is 18.0. The zero-order valence-corrected chi connectivity index (χ0v) is 12.1. The molecular formula is C15H21N3O3. The van der Waals surface area contributed by atoms with E-state index in [0.717, 1.165) is 17.8 Å². The number of ether oxygens (including phenoxy) is 1. The third-order valence-electron chi connectivity index (χ3n) is 3.19. The quantitative estimate of drug-likeness (QED) is 0.744. The minimum absolute atomic E-state index is 0.00365. The maximum atomic E-state index is 11.8. The molecule has 1 aromatic rings. The van der Waals surface area contributed by atoms with Crippen LogP contribution in [0.3, 0.4) is 0 Å². The fraction of sp³-hybridized carbons (Fsp3) is 0.467. The molecule has 1 atom stereocenters. The minimum Gasteiger partial charge on any atom is -0.378 e. The van der Waals surface area contributed by atoms with Crippen LogP contribution in [0.25, 0.3) is 0 Å². The number of rotatable bonds is 5. The topological polar surface area (TPSA) is 79.5 Å². The molecule has 2 rings (SSSR count). The summed E-state index contributed by atoms with van der Waals surface area (Å²) in [5.41, 5.74) is 1.74. The smallest absolute Gasteiger partial charge is 0.221 e. The number of carbonyl (C=O) groups excluding carboxylic acids is 2. The number of anilines is 1. The van der Waals surface area contributed by atoms with Crippen LogP contribution in [0.2, 0.25) is 0 Å². The van der Waals surface area contributed by atoms with Crippen molar-refractivity contribution in [2.24, 2.45) is 0 Å². The average molecular weight is 291 g/mol. The van der Waals surface area contributed by atoms with Gasteiger partial charge in [0, 0.05) is 38.2 Å². The summed E-state index contributed by atoms with van der Waals surface area (Å²) in [6, 6.07) is 7.50. The predicted molar refractivity (Wildman–Crippen MR) is 79.8 cm³/mol. The van der Waals surface area contributed by atoms with Crippen LogP contribution in [-0.2, 0) is 20.9 Å². The Morgan fingerprint density at radius 2 is 2.10 bits per heavy atom. The Morgan fingerprint density at radius 1 is 1.33 bits per heavy atom. The van der Waals surface area contributed by atoms with Crippen molar-refractivity contribution in [3.63, 3.8) is 0 Å². The van der Waals surface area contributed by atoms with E-state index in [1.807, 2.05) is 24.3 Å². The van der Waals surface area contributed by atoms with E-state index < -0.39 is 0 Å². The summed E-state index contributed by atoms with van der Waals surface area (Å²) in [6.45, 7) is 4.03. The molecule has 0 saturated carbocycles. The standard InChI is InChI=1S/C15H21N3O3/c1-11(19)18-13-4-2-12(3-5-13)9-17-15(20)8-14-10-21-7-6-16-14/h2-5,14,16H,6-10H2,1H3,(H,17,20)(H,18,19). The van der Waals surface area contributed by atoms with Crippen LogP contribution in [0, 0.1) is 0 Å². The molecule has 0 aromatic heterocycles. The number of hydrogen-bond donors (Lipinski definition) is 3. The lowest BCUT2D eigenvalue weighted by Gasteiger charge is -2.23. The molecule has 21 heavy (non-hydrogen) atoms. The van der Waals surface area contributed by atoms with Crippen LogP contribution < -0.4 is 16.0 Å². The number of morpholine rings is 1. The van der Waals surface area contributed by atoms with Crippen molar-refractivity contribution in [3.05, 3.63) is 29.8 Å². The first-order chi connectivity index (χ1) is 10.1. The van der Waals surface area contributed by atoms with Crippen LogP contribution in [0.1, 0.15) is 18.9 Å².